The van der Waals surface area contributed by atoms with E-state index in [0.29, 0.717) is 11.6 Å². The first kappa shape index (κ1) is 17.7. The van der Waals surface area contributed by atoms with Gasteiger partial charge in [0, 0.05) is 28.1 Å². The van der Waals surface area contributed by atoms with E-state index in [4.69, 9.17) is 4.42 Å². The summed E-state index contributed by atoms with van der Waals surface area (Å²) in [5.74, 6) is 0.486. The third kappa shape index (κ3) is 2.82. The van der Waals surface area contributed by atoms with Gasteiger partial charge in [-0.2, -0.15) is 0 Å². The number of nitrogens with zero attached hydrogens (tertiary/aromatic N) is 2. The largest absolute Gasteiger partial charge is 0.437 e. The SMILES string of the molecule is CCc1c[n+](C)c(-c2c(C)ccc3c2oc2nc(C)ccc23)cc1C(C)C. The summed E-state index contributed by atoms with van der Waals surface area (Å²) in [6.45, 7) is 10.9. The van der Waals surface area contributed by atoms with Crippen molar-refractivity contribution in [2.45, 2.75) is 47.0 Å². The first-order chi connectivity index (χ1) is 12.9. The van der Waals surface area contributed by atoms with Crippen LogP contribution in [0.3, 0.4) is 0 Å². The number of fused-ring (bicyclic) bond motifs is 3. The number of aromatic nitrogens is 2. The fourth-order valence-electron chi connectivity index (χ4n) is 4.03. The van der Waals surface area contributed by atoms with E-state index in [1.165, 1.54) is 22.4 Å². The van der Waals surface area contributed by atoms with Crippen LogP contribution in [0.5, 0.6) is 0 Å². The van der Waals surface area contributed by atoms with Crippen molar-refractivity contribution in [3.63, 3.8) is 0 Å². The van der Waals surface area contributed by atoms with E-state index in [0.717, 1.165) is 34.0 Å². The summed E-state index contributed by atoms with van der Waals surface area (Å²) in [4.78, 5) is 4.60. The predicted octanol–water partition coefficient (Wildman–Crippen LogP) is 5.78. The van der Waals surface area contributed by atoms with Gasteiger partial charge in [-0.1, -0.05) is 32.9 Å². The molecule has 138 valence electrons. The Labute approximate surface area is 160 Å². The summed E-state index contributed by atoms with van der Waals surface area (Å²) >= 11 is 0. The van der Waals surface area contributed by atoms with Crippen LogP contribution in [-0.4, -0.2) is 4.98 Å². The van der Waals surface area contributed by atoms with Crippen molar-refractivity contribution in [3.05, 3.63) is 58.9 Å². The van der Waals surface area contributed by atoms with Gasteiger partial charge in [0.05, 0.1) is 5.56 Å². The van der Waals surface area contributed by atoms with Crippen LogP contribution >= 0.6 is 0 Å². The summed E-state index contributed by atoms with van der Waals surface area (Å²) in [5, 5.41) is 2.21. The molecule has 0 aliphatic heterocycles. The second-order valence-electron chi connectivity index (χ2n) is 7.80. The van der Waals surface area contributed by atoms with E-state index in [1.807, 2.05) is 13.0 Å². The van der Waals surface area contributed by atoms with E-state index in [1.54, 1.807) is 0 Å². The maximum absolute atomic E-state index is 6.29. The first-order valence-electron chi connectivity index (χ1n) is 9.73. The minimum Gasteiger partial charge on any atom is -0.437 e. The molecule has 0 saturated carbocycles. The summed E-state index contributed by atoms with van der Waals surface area (Å²) in [6, 6.07) is 10.8. The topological polar surface area (TPSA) is 29.9 Å². The molecule has 0 radical (unpaired) electrons. The molecule has 0 N–H and O–H groups in total. The van der Waals surface area contributed by atoms with Crippen molar-refractivity contribution in [3.8, 4) is 11.3 Å². The molecule has 0 bridgehead atoms. The lowest BCUT2D eigenvalue weighted by Gasteiger charge is -2.13. The highest BCUT2D eigenvalue weighted by Gasteiger charge is 2.23. The number of hydrogen-bond donors (Lipinski definition) is 0. The second-order valence-corrected chi connectivity index (χ2v) is 7.80. The van der Waals surface area contributed by atoms with Crippen LogP contribution in [-0.2, 0) is 13.5 Å². The molecule has 3 heterocycles. The zero-order valence-corrected chi connectivity index (χ0v) is 17.1. The van der Waals surface area contributed by atoms with Crippen LogP contribution in [0.25, 0.3) is 33.3 Å². The molecule has 0 saturated heterocycles. The second kappa shape index (κ2) is 6.49. The summed E-state index contributed by atoms with van der Waals surface area (Å²) in [5.41, 5.74) is 9.00. The van der Waals surface area contributed by atoms with E-state index in [9.17, 15) is 0 Å². The molecule has 4 rings (SSSR count). The first-order valence-corrected chi connectivity index (χ1v) is 9.73. The van der Waals surface area contributed by atoms with Crippen molar-refractivity contribution in [1.29, 1.82) is 0 Å². The normalized spacial score (nSPS) is 11.8. The third-order valence-electron chi connectivity index (χ3n) is 5.51. The van der Waals surface area contributed by atoms with E-state index >= 15 is 0 Å². The predicted molar refractivity (Wildman–Crippen MR) is 111 cm³/mol. The molecule has 0 amide bonds. The molecule has 0 atom stereocenters. The average Bonchev–Trinajstić information content (AvgIpc) is 2.98. The summed E-state index contributed by atoms with van der Waals surface area (Å²) < 4.78 is 8.52. The van der Waals surface area contributed by atoms with Crippen molar-refractivity contribution in [2.75, 3.05) is 0 Å². The molecular formula is C24H27N2O+. The minimum absolute atomic E-state index is 0.486. The number of pyridine rings is 2. The molecule has 0 unspecified atom stereocenters. The van der Waals surface area contributed by atoms with Crippen LogP contribution in [0.2, 0.25) is 0 Å². The fourth-order valence-corrected chi connectivity index (χ4v) is 4.03. The fraction of sp³-hybridized carbons (Fsp3) is 0.333. The molecule has 3 nitrogen and oxygen atoms in total. The Morgan fingerprint density at radius 3 is 2.52 bits per heavy atom. The highest BCUT2D eigenvalue weighted by atomic mass is 16.3. The molecule has 0 aliphatic rings. The molecule has 3 heteroatoms. The van der Waals surface area contributed by atoms with Crippen LogP contribution < -0.4 is 4.57 Å². The summed E-state index contributed by atoms with van der Waals surface area (Å²) in [7, 11) is 2.13. The zero-order chi connectivity index (χ0) is 19.3. The van der Waals surface area contributed by atoms with Crippen molar-refractivity contribution < 1.29 is 8.98 Å². The highest BCUT2D eigenvalue weighted by Crippen LogP contribution is 2.37. The average molecular weight is 359 g/mol. The van der Waals surface area contributed by atoms with Gasteiger partial charge in [0.15, 0.2) is 11.8 Å². The van der Waals surface area contributed by atoms with Gasteiger partial charge in [-0.05, 0) is 49.4 Å². The Morgan fingerprint density at radius 2 is 1.81 bits per heavy atom. The van der Waals surface area contributed by atoms with Crippen molar-refractivity contribution >= 4 is 22.1 Å². The molecule has 0 spiro atoms. The highest BCUT2D eigenvalue weighted by molar-refractivity contribution is 6.08. The molecule has 3 aromatic heterocycles. The van der Waals surface area contributed by atoms with Gasteiger partial charge in [0.2, 0.25) is 11.4 Å². The van der Waals surface area contributed by atoms with E-state index in [-0.39, 0.29) is 0 Å². The van der Waals surface area contributed by atoms with E-state index in [2.05, 4.69) is 74.8 Å². The molecule has 4 aromatic rings. The van der Waals surface area contributed by atoms with Crippen LogP contribution in [0.4, 0.5) is 0 Å². The third-order valence-corrected chi connectivity index (χ3v) is 5.51. The maximum Gasteiger partial charge on any atom is 0.227 e. The van der Waals surface area contributed by atoms with Crippen LogP contribution in [0, 0.1) is 13.8 Å². The van der Waals surface area contributed by atoms with Gasteiger partial charge in [-0.3, -0.25) is 0 Å². The maximum atomic E-state index is 6.29. The van der Waals surface area contributed by atoms with Gasteiger partial charge < -0.3 is 4.42 Å². The minimum atomic E-state index is 0.486. The van der Waals surface area contributed by atoms with Gasteiger partial charge in [0.25, 0.3) is 0 Å². The molecule has 0 fully saturated rings. The lowest BCUT2D eigenvalue weighted by atomic mass is 9.93. The molecular weight excluding hydrogens is 332 g/mol. The van der Waals surface area contributed by atoms with Crippen LogP contribution in [0.1, 0.15) is 49.1 Å². The Morgan fingerprint density at radius 1 is 1.07 bits per heavy atom. The van der Waals surface area contributed by atoms with Gasteiger partial charge in [0.1, 0.15) is 7.05 Å². The monoisotopic (exact) mass is 359 g/mol. The number of hydrogen-bond acceptors (Lipinski definition) is 2. The standard InChI is InChI=1S/C24H27N2O/c1-7-17-13-26(6)21(12-20(17)14(2)3)22-15(4)8-10-18-19-11-9-16(5)25-24(19)27-23(18)22/h8-14H,7H2,1-6H3/q+1. The smallest absolute Gasteiger partial charge is 0.227 e. The van der Waals surface area contributed by atoms with Crippen LogP contribution in [0.15, 0.2) is 40.9 Å². The summed E-state index contributed by atoms with van der Waals surface area (Å²) in [6.07, 6.45) is 3.31. The van der Waals surface area contributed by atoms with Gasteiger partial charge in [-0.15, -0.1) is 0 Å². The number of aryl methyl sites for hydroxylation is 4. The van der Waals surface area contributed by atoms with Crippen molar-refractivity contribution in [1.82, 2.24) is 4.98 Å². The molecule has 0 aliphatic carbocycles. The lowest BCUT2D eigenvalue weighted by Crippen LogP contribution is -2.32. The number of benzene rings is 1. The van der Waals surface area contributed by atoms with Gasteiger partial charge in [-0.25, -0.2) is 9.55 Å². The quantitative estimate of drug-likeness (QED) is 0.434. The van der Waals surface area contributed by atoms with Gasteiger partial charge >= 0.3 is 0 Å². The number of rotatable bonds is 3. The zero-order valence-electron chi connectivity index (χ0n) is 17.1. The Hall–Kier alpha value is -2.68. The Bertz CT molecular complexity index is 1170. The van der Waals surface area contributed by atoms with E-state index < -0.39 is 0 Å². The lowest BCUT2D eigenvalue weighted by molar-refractivity contribution is -0.660. The Kier molecular flexibility index (Phi) is 4.26. The Balaban J connectivity index is 2.08. The molecule has 1 aromatic carbocycles. The number of furan rings is 1. The van der Waals surface area contributed by atoms with Crippen molar-refractivity contribution in [2.24, 2.45) is 7.05 Å². The molecule has 27 heavy (non-hydrogen) atoms.